The molecule has 1 N–H and O–H groups in total. The molecule has 1 aromatic heterocycles. The highest BCUT2D eigenvalue weighted by molar-refractivity contribution is 9.10. The smallest absolute Gasteiger partial charge is 0.381 e. The van der Waals surface area contributed by atoms with Crippen LogP contribution in [0.1, 0.15) is 23.2 Å². The molecule has 1 saturated heterocycles. The number of fused-ring (bicyclic) bond motifs is 1. The number of benzene rings is 1. The molecule has 4 nitrogen and oxygen atoms in total. The maximum absolute atomic E-state index is 12.8. The zero-order valence-electron chi connectivity index (χ0n) is 12.7. The Bertz CT molecular complexity index is 752. The number of nitrogens with one attached hydrogen (secondary N) is 1. The molecule has 130 valence electrons. The summed E-state index contributed by atoms with van der Waals surface area (Å²) < 4.78 is 45.4. The Balaban J connectivity index is 1.93. The molecule has 0 spiro atoms. The van der Waals surface area contributed by atoms with Gasteiger partial charge in [-0.1, -0.05) is 22.0 Å². The average Bonchev–Trinajstić information content (AvgIpc) is 2.84. The van der Waals surface area contributed by atoms with E-state index in [-0.39, 0.29) is 17.5 Å². The van der Waals surface area contributed by atoms with Gasteiger partial charge in [0.1, 0.15) is 6.54 Å². The van der Waals surface area contributed by atoms with E-state index >= 15 is 0 Å². The van der Waals surface area contributed by atoms with Crippen LogP contribution in [0.5, 0.6) is 0 Å². The van der Waals surface area contributed by atoms with Crippen molar-refractivity contribution in [1.82, 2.24) is 9.88 Å². The topological polar surface area (TPSA) is 43.3 Å². The van der Waals surface area contributed by atoms with Crippen molar-refractivity contribution in [3.8, 4) is 0 Å². The molecule has 1 aromatic carbocycles. The van der Waals surface area contributed by atoms with E-state index < -0.39 is 12.7 Å². The molecule has 0 atom stereocenters. The van der Waals surface area contributed by atoms with E-state index in [0.717, 1.165) is 4.57 Å². The SMILES string of the molecule is O=C(NC1CCOCC1)c1cn(CC(F)(F)F)c2cc(Br)ccc12. The van der Waals surface area contributed by atoms with Gasteiger partial charge in [-0.3, -0.25) is 4.79 Å². The molecule has 0 aliphatic carbocycles. The fraction of sp³-hybridized carbons (Fsp3) is 0.438. The Kier molecular flexibility index (Phi) is 4.87. The monoisotopic (exact) mass is 404 g/mol. The van der Waals surface area contributed by atoms with E-state index in [1.54, 1.807) is 18.2 Å². The van der Waals surface area contributed by atoms with Gasteiger partial charge in [0.2, 0.25) is 0 Å². The lowest BCUT2D eigenvalue weighted by atomic mass is 10.1. The zero-order chi connectivity index (χ0) is 17.3. The van der Waals surface area contributed by atoms with E-state index in [4.69, 9.17) is 4.74 Å². The van der Waals surface area contributed by atoms with Crippen LogP contribution in [0.2, 0.25) is 0 Å². The summed E-state index contributed by atoms with van der Waals surface area (Å²) >= 11 is 3.26. The van der Waals surface area contributed by atoms with Gasteiger partial charge in [-0.25, -0.2) is 0 Å². The Hall–Kier alpha value is -1.54. The highest BCUT2D eigenvalue weighted by Gasteiger charge is 2.30. The zero-order valence-corrected chi connectivity index (χ0v) is 14.3. The Labute approximate surface area is 145 Å². The first-order valence-corrected chi connectivity index (χ1v) is 8.36. The third kappa shape index (κ3) is 3.92. The minimum atomic E-state index is -4.36. The minimum absolute atomic E-state index is 0.0114. The van der Waals surface area contributed by atoms with Crippen LogP contribution in [-0.2, 0) is 11.3 Å². The molecule has 24 heavy (non-hydrogen) atoms. The van der Waals surface area contributed by atoms with Crippen molar-refractivity contribution in [3.05, 3.63) is 34.4 Å². The van der Waals surface area contributed by atoms with Crippen molar-refractivity contribution in [2.24, 2.45) is 0 Å². The van der Waals surface area contributed by atoms with Crippen LogP contribution < -0.4 is 5.32 Å². The molecule has 1 amide bonds. The number of nitrogens with zero attached hydrogens (tertiary/aromatic N) is 1. The van der Waals surface area contributed by atoms with Crippen molar-refractivity contribution in [1.29, 1.82) is 0 Å². The van der Waals surface area contributed by atoms with Gasteiger partial charge in [0.05, 0.1) is 11.1 Å². The third-order valence-electron chi connectivity index (χ3n) is 4.00. The summed E-state index contributed by atoms with van der Waals surface area (Å²) in [7, 11) is 0. The van der Waals surface area contributed by atoms with Crippen LogP contribution in [-0.4, -0.2) is 35.9 Å². The van der Waals surface area contributed by atoms with Crippen LogP contribution >= 0.6 is 15.9 Å². The summed E-state index contributed by atoms with van der Waals surface area (Å²) in [5.41, 5.74) is 0.632. The summed E-state index contributed by atoms with van der Waals surface area (Å²) in [6.45, 7) is 0.0198. The summed E-state index contributed by atoms with van der Waals surface area (Å²) in [6, 6.07) is 4.95. The second-order valence-corrected chi connectivity index (χ2v) is 6.72. The maximum atomic E-state index is 12.8. The fourth-order valence-electron chi connectivity index (χ4n) is 2.88. The molecule has 1 fully saturated rings. The molecule has 0 bridgehead atoms. The number of hydrogen-bond acceptors (Lipinski definition) is 2. The van der Waals surface area contributed by atoms with Crippen LogP contribution in [0.25, 0.3) is 10.9 Å². The van der Waals surface area contributed by atoms with Crippen LogP contribution in [0.3, 0.4) is 0 Å². The Morgan fingerprint density at radius 3 is 2.71 bits per heavy atom. The molecule has 8 heteroatoms. The van der Waals surface area contributed by atoms with E-state index in [0.29, 0.717) is 41.4 Å². The number of halogens is 4. The molecular weight excluding hydrogens is 389 g/mol. The lowest BCUT2D eigenvalue weighted by molar-refractivity contribution is -0.139. The largest absolute Gasteiger partial charge is 0.406 e. The van der Waals surface area contributed by atoms with Crippen molar-refractivity contribution < 1.29 is 22.7 Å². The predicted octanol–water partition coefficient (Wildman–Crippen LogP) is 3.87. The van der Waals surface area contributed by atoms with Gasteiger partial charge in [0, 0.05) is 35.3 Å². The molecular formula is C16H16BrF3N2O2. The average molecular weight is 405 g/mol. The lowest BCUT2D eigenvalue weighted by Gasteiger charge is -2.22. The second kappa shape index (κ2) is 6.76. The molecule has 0 radical (unpaired) electrons. The standard InChI is InChI=1S/C16H16BrF3N2O2/c17-10-1-2-12-13(15(23)21-11-3-5-24-6-4-11)8-22(14(12)7-10)9-16(18,19)20/h1-2,7-8,11H,3-6,9H2,(H,21,23). The van der Waals surface area contributed by atoms with Crippen LogP contribution in [0, 0.1) is 0 Å². The number of alkyl halides is 3. The highest BCUT2D eigenvalue weighted by atomic mass is 79.9. The predicted molar refractivity (Wildman–Crippen MR) is 87.0 cm³/mol. The number of ether oxygens (including phenoxy) is 1. The molecule has 1 aliphatic rings. The van der Waals surface area contributed by atoms with E-state index in [2.05, 4.69) is 21.2 Å². The van der Waals surface area contributed by atoms with Gasteiger partial charge in [0.25, 0.3) is 5.91 Å². The van der Waals surface area contributed by atoms with E-state index in [9.17, 15) is 18.0 Å². The fourth-order valence-corrected chi connectivity index (χ4v) is 3.22. The van der Waals surface area contributed by atoms with Gasteiger partial charge < -0.3 is 14.6 Å². The third-order valence-corrected chi connectivity index (χ3v) is 4.49. The molecule has 1 aliphatic heterocycles. The molecule has 3 rings (SSSR count). The first-order chi connectivity index (χ1) is 11.3. The number of amides is 1. The lowest BCUT2D eigenvalue weighted by Crippen LogP contribution is -2.38. The van der Waals surface area contributed by atoms with Crippen molar-refractivity contribution >= 4 is 32.7 Å². The number of carbonyl (C=O) groups is 1. The normalized spacial score (nSPS) is 16.5. The summed E-state index contributed by atoms with van der Waals surface area (Å²) in [5.74, 6) is -0.352. The quantitative estimate of drug-likeness (QED) is 0.843. The van der Waals surface area contributed by atoms with Crippen LogP contribution in [0.15, 0.2) is 28.9 Å². The Morgan fingerprint density at radius 2 is 2.04 bits per heavy atom. The number of hydrogen-bond donors (Lipinski definition) is 1. The van der Waals surface area contributed by atoms with Gasteiger partial charge in [-0.2, -0.15) is 13.2 Å². The molecule has 2 heterocycles. The molecule has 0 unspecified atom stereocenters. The number of aromatic nitrogens is 1. The van der Waals surface area contributed by atoms with Crippen molar-refractivity contribution in [3.63, 3.8) is 0 Å². The van der Waals surface area contributed by atoms with Crippen molar-refractivity contribution in [2.45, 2.75) is 31.6 Å². The number of rotatable bonds is 3. The minimum Gasteiger partial charge on any atom is -0.381 e. The first kappa shape index (κ1) is 17.3. The summed E-state index contributed by atoms with van der Waals surface area (Å²) in [5, 5.41) is 3.40. The first-order valence-electron chi connectivity index (χ1n) is 7.57. The van der Waals surface area contributed by atoms with E-state index in [1.807, 2.05) is 0 Å². The van der Waals surface area contributed by atoms with Crippen molar-refractivity contribution in [2.75, 3.05) is 13.2 Å². The van der Waals surface area contributed by atoms with Gasteiger partial charge >= 0.3 is 6.18 Å². The van der Waals surface area contributed by atoms with Gasteiger partial charge in [-0.05, 0) is 25.0 Å². The molecule has 0 saturated carbocycles. The second-order valence-electron chi connectivity index (χ2n) is 5.81. The van der Waals surface area contributed by atoms with Gasteiger partial charge in [-0.15, -0.1) is 0 Å². The van der Waals surface area contributed by atoms with E-state index in [1.165, 1.54) is 6.20 Å². The summed E-state index contributed by atoms with van der Waals surface area (Å²) in [4.78, 5) is 12.5. The molecule has 2 aromatic rings. The van der Waals surface area contributed by atoms with Gasteiger partial charge in [0.15, 0.2) is 0 Å². The maximum Gasteiger partial charge on any atom is 0.406 e. The van der Waals surface area contributed by atoms with Crippen LogP contribution in [0.4, 0.5) is 13.2 Å². The number of carbonyl (C=O) groups excluding carboxylic acids is 1. The Morgan fingerprint density at radius 1 is 1.33 bits per heavy atom. The highest BCUT2D eigenvalue weighted by Crippen LogP contribution is 2.28. The summed E-state index contributed by atoms with van der Waals surface area (Å²) in [6.07, 6.45) is -1.67.